The summed E-state index contributed by atoms with van der Waals surface area (Å²) in [7, 11) is 0. The number of hydrogen-bond donors (Lipinski definition) is 1. The van der Waals surface area contributed by atoms with E-state index in [9.17, 15) is 9.90 Å². The Labute approximate surface area is 183 Å². The summed E-state index contributed by atoms with van der Waals surface area (Å²) < 4.78 is 5.65. The highest BCUT2D eigenvalue weighted by atomic mass is 35.5. The topological polar surface area (TPSA) is 46.5 Å². The first-order chi connectivity index (χ1) is 14.1. The van der Waals surface area contributed by atoms with Gasteiger partial charge in [0, 0.05) is 0 Å². The van der Waals surface area contributed by atoms with E-state index in [-0.39, 0.29) is 11.3 Å². The fourth-order valence-corrected chi connectivity index (χ4v) is 3.75. The molecule has 0 bridgehead atoms. The predicted molar refractivity (Wildman–Crippen MR) is 123 cm³/mol. The van der Waals surface area contributed by atoms with Crippen molar-refractivity contribution in [3.05, 3.63) is 23.8 Å². The number of unbranched alkanes of at least 4 members (excludes halogenated alkanes) is 15. The Kier molecular flexibility index (Phi) is 15.7. The van der Waals surface area contributed by atoms with Gasteiger partial charge in [-0.3, -0.25) is 4.79 Å². The van der Waals surface area contributed by atoms with E-state index in [4.69, 9.17) is 16.3 Å². The SMILES string of the molecule is CCCCCCCCCCCCCCCCCCOc1ccc(O)c(C(=O)Cl)c1. The van der Waals surface area contributed by atoms with Crippen molar-refractivity contribution in [3.63, 3.8) is 0 Å². The van der Waals surface area contributed by atoms with E-state index in [2.05, 4.69) is 6.92 Å². The van der Waals surface area contributed by atoms with Gasteiger partial charge in [0.1, 0.15) is 11.5 Å². The van der Waals surface area contributed by atoms with Gasteiger partial charge in [-0.15, -0.1) is 0 Å². The van der Waals surface area contributed by atoms with Gasteiger partial charge in [-0.2, -0.15) is 0 Å². The summed E-state index contributed by atoms with van der Waals surface area (Å²) in [6, 6.07) is 4.60. The van der Waals surface area contributed by atoms with Gasteiger partial charge in [0.15, 0.2) is 0 Å². The Hall–Kier alpha value is -1.22. The summed E-state index contributed by atoms with van der Waals surface area (Å²) in [4.78, 5) is 11.2. The van der Waals surface area contributed by atoms with Crippen molar-refractivity contribution in [2.24, 2.45) is 0 Å². The van der Waals surface area contributed by atoms with Crippen LogP contribution in [0.5, 0.6) is 11.5 Å². The van der Waals surface area contributed by atoms with Crippen molar-refractivity contribution in [1.29, 1.82) is 0 Å². The van der Waals surface area contributed by atoms with E-state index in [0.717, 1.165) is 12.8 Å². The highest BCUT2D eigenvalue weighted by Crippen LogP contribution is 2.24. The van der Waals surface area contributed by atoms with Gasteiger partial charge in [-0.25, -0.2) is 0 Å². The van der Waals surface area contributed by atoms with Gasteiger partial charge < -0.3 is 9.84 Å². The van der Waals surface area contributed by atoms with Crippen LogP contribution in [-0.4, -0.2) is 17.0 Å². The first-order valence-electron chi connectivity index (χ1n) is 11.8. The fourth-order valence-electron chi connectivity index (χ4n) is 3.60. The molecule has 1 N–H and O–H groups in total. The lowest BCUT2D eigenvalue weighted by atomic mass is 10.0. The second-order valence-electron chi connectivity index (χ2n) is 8.10. The Morgan fingerprint density at radius 3 is 1.69 bits per heavy atom. The van der Waals surface area contributed by atoms with Gasteiger partial charge in [0.05, 0.1) is 12.2 Å². The van der Waals surface area contributed by atoms with E-state index in [1.165, 1.54) is 102 Å². The van der Waals surface area contributed by atoms with Crippen LogP contribution in [0.1, 0.15) is 120 Å². The van der Waals surface area contributed by atoms with E-state index in [0.29, 0.717) is 12.4 Å². The third-order valence-electron chi connectivity index (χ3n) is 5.45. The zero-order valence-corrected chi connectivity index (χ0v) is 19.2. The molecular weight excluding hydrogens is 384 g/mol. The maximum absolute atomic E-state index is 11.2. The Balaban J connectivity index is 1.86. The smallest absolute Gasteiger partial charge is 0.256 e. The number of phenolic OH excluding ortho intramolecular Hbond substituents is 1. The largest absolute Gasteiger partial charge is 0.507 e. The normalized spacial score (nSPS) is 11.0. The quantitative estimate of drug-likeness (QED) is 0.179. The van der Waals surface area contributed by atoms with Crippen molar-refractivity contribution in [2.45, 2.75) is 110 Å². The third kappa shape index (κ3) is 13.6. The van der Waals surface area contributed by atoms with Crippen molar-refractivity contribution in [1.82, 2.24) is 0 Å². The van der Waals surface area contributed by atoms with Crippen LogP contribution in [-0.2, 0) is 0 Å². The number of aromatic hydroxyl groups is 1. The minimum Gasteiger partial charge on any atom is -0.507 e. The molecule has 4 heteroatoms. The highest BCUT2D eigenvalue weighted by Gasteiger charge is 2.09. The number of ether oxygens (including phenoxy) is 1. The van der Waals surface area contributed by atoms with E-state index in [1.807, 2.05) is 0 Å². The lowest BCUT2D eigenvalue weighted by Gasteiger charge is -2.08. The Morgan fingerprint density at radius 2 is 1.24 bits per heavy atom. The lowest BCUT2D eigenvalue weighted by Crippen LogP contribution is -1.99. The summed E-state index contributed by atoms with van der Waals surface area (Å²) in [5.41, 5.74) is 0.0936. The minimum atomic E-state index is -0.671. The molecule has 0 aliphatic heterocycles. The van der Waals surface area contributed by atoms with Crippen LogP contribution in [0.3, 0.4) is 0 Å². The number of carbonyl (C=O) groups is 1. The summed E-state index contributed by atoms with van der Waals surface area (Å²) in [6.07, 6.45) is 21.5. The monoisotopic (exact) mass is 424 g/mol. The maximum atomic E-state index is 11.2. The zero-order valence-electron chi connectivity index (χ0n) is 18.4. The highest BCUT2D eigenvalue weighted by molar-refractivity contribution is 6.68. The van der Waals surface area contributed by atoms with Crippen molar-refractivity contribution in [2.75, 3.05) is 6.61 Å². The standard InChI is InChI=1S/C25H41ClO3/c1-2-3-4-5-6-7-8-9-10-11-12-13-14-15-16-17-20-29-22-18-19-24(27)23(21-22)25(26)28/h18-19,21,27H,2-17,20H2,1H3. The molecule has 0 fully saturated rings. The molecular formula is C25H41ClO3. The molecule has 0 saturated heterocycles. The molecule has 0 atom stereocenters. The second kappa shape index (κ2) is 17.6. The average molecular weight is 425 g/mol. The molecule has 0 amide bonds. The molecule has 1 rings (SSSR count). The van der Waals surface area contributed by atoms with Gasteiger partial charge in [-0.05, 0) is 36.2 Å². The average Bonchev–Trinajstić information content (AvgIpc) is 2.71. The first-order valence-corrected chi connectivity index (χ1v) is 12.2. The molecule has 0 heterocycles. The molecule has 1 aromatic carbocycles. The molecule has 1 aromatic rings. The van der Waals surface area contributed by atoms with Crippen LogP contribution < -0.4 is 4.74 Å². The summed E-state index contributed by atoms with van der Waals surface area (Å²) in [5.74, 6) is 0.465. The Morgan fingerprint density at radius 1 is 0.793 bits per heavy atom. The molecule has 29 heavy (non-hydrogen) atoms. The van der Waals surface area contributed by atoms with Gasteiger partial charge in [0.25, 0.3) is 5.24 Å². The molecule has 3 nitrogen and oxygen atoms in total. The molecule has 166 valence electrons. The minimum absolute atomic E-state index is 0.0936. The van der Waals surface area contributed by atoms with Crippen molar-refractivity contribution < 1.29 is 14.6 Å². The number of phenols is 1. The summed E-state index contributed by atoms with van der Waals surface area (Å²) >= 11 is 5.43. The van der Waals surface area contributed by atoms with Gasteiger partial charge >= 0.3 is 0 Å². The number of halogens is 1. The molecule has 0 aliphatic rings. The van der Waals surface area contributed by atoms with E-state index in [1.54, 1.807) is 6.07 Å². The predicted octanol–water partition coefficient (Wildman–Crippen LogP) is 8.41. The van der Waals surface area contributed by atoms with E-state index >= 15 is 0 Å². The molecule has 0 aromatic heterocycles. The molecule has 0 unspecified atom stereocenters. The van der Waals surface area contributed by atoms with Crippen LogP contribution in [0.2, 0.25) is 0 Å². The maximum Gasteiger partial charge on any atom is 0.256 e. The molecule has 0 spiro atoms. The van der Waals surface area contributed by atoms with Crippen LogP contribution in [0, 0.1) is 0 Å². The van der Waals surface area contributed by atoms with Crippen LogP contribution in [0.25, 0.3) is 0 Å². The number of rotatable bonds is 19. The molecule has 0 aliphatic carbocycles. The zero-order chi connectivity index (χ0) is 21.2. The van der Waals surface area contributed by atoms with Crippen molar-refractivity contribution >= 4 is 16.8 Å². The van der Waals surface area contributed by atoms with Gasteiger partial charge in [-0.1, -0.05) is 103 Å². The van der Waals surface area contributed by atoms with E-state index < -0.39 is 5.24 Å². The Bertz CT molecular complexity index is 545. The third-order valence-corrected chi connectivity index (χ3v) is 5.65. The first kappa shape index (κ1) is 25.8. The second-order valence-corrected chi connectivity index (χ2v) is 8.45. The van der Waals surface area contributed by atoms with Crippen LogP contribution in [0.15, 0.2) is 18.2 Å². The fraction of sp³-hybridized carbons (Fsp3) is 0.720. The van der Waals surface area contributed by atoms with Crippen LogP contribution in [0.4, 0.5) is 0 Å². The summed E-state index contributed by atoms with van der Waals surface area (Å²) in [5, 5.41) is 8.89. The van der Waals surface area contributed by atoms with Crippen molar-refractivity contribution in [3.8, 4) is 11.5 Å². The number of hydrogen-bond acceptors (Lipinski definition) is 3. The number of carbonyl (C=O) groups excluding carboxylic acids is 1. The molecule has 0 saturated carbocycles. The van der Waals surface area contributed by atoms with Crippen LogP contribution >= 0.6 is 11.6 Å². The lowest BCUT2D eigenvalue weighted by molar-refractivity contribution is 0.107. The number of benzene rings is 1. The van der Waals surface area contributed by atoms with Gasteiger partial charge in [0.2, 0.25) is 0 Å². The summed E-state index contributed by atoms with van der Waals surface area (Å²) in [6.45, 7) is 2.90. The molecule has 0 radical (unpaired) electrons.